The van der Waals surface area contributed by atoms with E-state index in [0.29, 0.717) is 6.10 Å². The number of hydrogen-bond donors (Lipinski definition) is 2. The Morgan fingerprint density at radius 1 is 1.27 bits per heavy atom. The summed E-state index contributed by atoms with van der Waals surface area (Å²) >= 11 is 0. The summed E-state index contributed by atoms with van der Waals surface area (Å²) in [6, 6.07) is 8.21. The SMILES string of the molecule is c1cc(OC2CCNC2)c2[nH]ccc2c1. The molecule has 0 amide bonds. The molecule has 0 radical (unpaired) electrons. The van der Waals surface area contributed by atoms with Crippen molar-refractivity contribution in [2.45, 2.75) is 12.5 Å². The highest BCUT2D eigenvalue weighted by atomic mass is 16.5. The van der Waals surface area contributed by atoms with Crippen LogP contribution in [0.1, 0.15) is 6.42 Å². The standard InChI is InChI=1S/C12H14N2O/c1-2-9-4-7-14-12(9)11(3-1)15-10-5-6-13-8-10/h1-4,7,10,13-14H,5-6,8H2. The average Bonchev–Trinajstić information content (AvgIpc) is 2.87. The Hall–Kier alpha value is -1.48. The van der Waals surface area contributed by atoms with E-state index in [1.54, 1.807) is 0 Å². The number of fused-ring (bicyclic) bond motifs is 1. The highest BCUT2D eigenvalue weighted by Gasteiger charge is 2.16. The fourth-order valence-electron chi connectivity index (χ4n) is 2.06. The van der Waals surface area contributed by atoms with E-state index < -0.39 is 0 Å². The first-order valence-electron chi connectivity index (χ1n) is 5.37. The first-order valence-corrected chi connectivity index (χ1v) is 5.37. The molecule has 1 aromatic carbocycles. The number of benzene rings is 1. The summed E-state index contributed by atoms with van der Waals surface area (Å²) in [5.74, 6) is 0.964. The molecule has 0 saturated carbocycles. The van der Waals surface area contributed by atoms with Crippen LogP contribution >= 0.6 is 0 Å². The lowest BCUT2D eigenvalue weighted by Crippen LogP contribution is -2.19. The minimum atomic E-state index is 0.318. The molecule has 1 aliphatic heterocycles. The fraction of sp³-hybridized carbons (Fsp3) is 0.333. The van der Waals surface area contributed by atoms with Crippen LogP contribution in [0.3, 0.4) is 0 Å². The van der Waals surface area contributed by atoms with Crippen LogP contribution in [0.25, 0.3) is 10.9 Å². The second-order valence-electron chi connectivity index (χ2n) is 3.93. The van der Waals surface area contributed by atoms with Crippen molar-refractivity contribution in [2.24, 2.45) is 0 Å². The number of aromatic nitrogens is 1. The first-order chi connectivity index (χ1) is 7.43. The lowest BCUT2D eigenvalue weighted by atomic mass is 10.2. The molecule has 1 aromatic heterocycles. The van der Waals surface area contributed by atoms with E-state index in [4.69, 9.17) is 4.74 Å². The molecule has 3 rings (SSSR count). The van der Waals surface area contributed by atoms with Crippen molar-refractivity contribution in [1.29, 1.82) is 0 Å². The number of hydrogen-bond acceptors (Lipinski definition) is 2. The molecule has 3 heteroatoms. The van der Waals surface area contributed by atoms with E-state index in [0.717, 1.165) is 30.8 Å². The molecular weight excluding hydrogens is 188 g/mol. The van der Waals surface area contributed by atoms with Crippen LogP contribution in [-0.4, -0.2) is 24.2 Å². The Morgan fingerprint density at radius 2 is 2.27 bits per heavy atom. The van der Waals surface area contributed by atoms with Crippen LogP contribution in [-0.2, 0) is 0 Å². The van der Waals surface area contributed by atoms with Gasteiger partial charge in [-0.3, -0.25) is 0 Å². The van der Waals surface area contributed by atoms with E-state index in [2.05, 4.69) is 22.4 Å². The van der Waals surface area contributed by atoms with Gasteiger partial charge in [0, 0.05) is 18.1 Å². The molecule has 1 atom stereocenters. The Kier molecular flexibility index (Phi) is 2.10. The molecule has 3 nitrogen and oxygen atoms in total. The van der Waals surface area contributed by atoms with Crippen LogP contribution in [0, 0.1) is 0 Å². The van der Waals surface area contributed by atoms with Crippen molar-refractivity contribution in [3.8, 4) is 5.75 Å². The third-order valence-electron chi connectivity index (χ3n) is 2.86. The normalized spacial score (nSPS) is 20.9. The number of para-hydroxylation sites is 1. The minimum absolute atomic E-state index is 0.318. The summed E-state index contributed by atoms with van der Waals surface area (Å²) < 4.78 is 5.95. The van der Waals surface area contributed by atoms with Crippen molar-refractivity contribution in [1.82, 2.24) is 10.3 Å². The summed E-state index contributed by atoms with van der Waals surface area (Å²) in [5, 5.41) is 4.51. The molecule has 0 bridgehead atoms. The zero-order valence-electron chi connectivity index (χ0n) is 8.49. The largest absolute Gasteiger partial charge is 0.487 e. The molecule has 1 unspecified atom stereocenters. The second kappa shape index (κ2) is 3.59. The van der Waals surface area contributed by atoms with Crippen molar-refractivity contribution in [2.75, 3.05) is 13.1 Å². The molecule has 2 N–H and O–H groups in total. The quantitative estimate of drug-likeness (QED) is 0.780. The molecular formula is C12H14N2O. The van der Waals surface area contributed by atoms with Crippen molar-refractivity contribution >= 4 is 10.9 Å². The molecule has 0 aliphatic carbocycles. The van der Waals surface area contributed by atoms with Crippen LogP contribution in [0.4, 0.5) is 0 Å². The Balaban J connectivity index is 1.92. The maximum Gasteiger partial charge on any atom is 0.143 e. The van der Waals surface area contributed by atoms with E-state index in [-0.39, 0.29) is 0 Å². The molecule has 15 heavy (non-hydrogen) atoms. The third kappa shape index (κ3) is 1.59. The molecule has 1 aliphatic rings. The van der Waals surface area contributed by atoms with Crippen molar-refractivity contribution < 1.29 is 4.74 Å². The highest BCUT2D eigenvalue weighted by molar-refractivity contribution is 5.85. The minimum Gasteiger partial charge on any atom is -0.487 e. The summed E-state index contributed by atoms with van der Waals surface area (Å²) in [6.45, 7) is 2.02. The van der Waals surface area contributed by atoms with E-state index in [1.165, 1.54) is 5.39 Å². The number of H-pyrrole nitrogens is 1. The van der Waals surface area contributed by atoms with E-state index in [1.807, 2.05) is 18.3 Å². The number of rotatable bonds is 2. The molecule has 2 heterocycles. The van der Waals surface area contributed by atoms with Gasteiger partial charge in [0.15, 0.2) is 0 Å². The molecule has 1 saturated heterocycles. The molecule has 1 fully saturated rings. The van der Waals surface area contributed by atoms with Crippen LogP contribution in [0.5, 0.6) is 5.75 Å². The van der Waals surface area contributed by atoms with Gasteiger partial charge < -0.3 is 15.0 Å². The van der Waals surface area contributed by atoms with Gasteiger partial charge in [0.1, 0.15) is 11.9 Å². The average molecular weight is 202 g/mol. The van der Waals surface area contributed by atoms with E-state index >= 15 is 0 Å². The van der Waals surface area contributed by atoms with Gasteiger partial charge in [-0.05, 0) is 25.1 Å². The van der Waals surface area contributed by atoms with Gasteiger partial charge in [0.05, 0.1) is 5.52 Å². The van der Waals surface area contributed by atoms with Gasteiger partial charge in [0.2, 0.25) is 0 Å². The predicted molar refractivity (Wildman–Crippen MR) is 60.2 cm³/mol. The van der Waals surface area contributed by atoms with E-state index in [9.17, 15) is 0 Å². The van der Waals surface area contributed by atoms with Crippen molar-refractivity contribution in [3.63, 3.8) is 0 Å². The third-order valence-corrected chi connectivity index (χ3v) is 2.86. The summed E-state index contributed by atoms with van der Waals surface area (Å²) in [4.78, 5) is 3.22. The molecule has 78 valence electrons. The first kappa shape index (κ1) is 8.80. The van der Waals surface area contributed by atoms with Crippen molar-refractivity contribution in [3.05, 3.63) is 30.5 Å². The van der Waals surface area contributed by atoms with Gasteiger partial charge in [-0.15, -0.1) is 0 Å². The second-order valence-corrected chi connectivity index (χ2v) is 3.93. The van der Waals surface area contributed by atoms with Gasteiger partial charge in [0.25, 0.3) is 0 Å². The highest BCUT2D eigenvalue weighted by Crippen LogP contribution is 2.25. The lowest BCUT2D eigenvalue weighted by molar-refractivity contribution is 0.225. The summed E-state index contributed by atoms with van der Waals surface area (Å²) in [6.07, 6.45) is 3.36. The fourth-order valence-corrected chi connectivity index (χ4v) is 2.06. The van der Waals surface area contributed by atoms with Gasteiger partial charge >= 0.3 is 0 Å². The Labute approximate surface area is 88.4 Å². The van der Waals surface area contributed by atoms with Crippen LogP contribution < -0.4 is 10.1 Å². The van der Waals surface area contributed by atoms with Gasteiger partial charge in [-0.2, -0.15) is 0 Å². The zero-order chi connectivity index (χ0) is 10.1. The maximum atomic E-state index is 5.95. The monoisotopic (exact) mass is 202 g/mol. The Morgan fingerprint density at radius 3 is 3.13 bits per heavy atom. The predicted octanol–water partition coefficient (Wildman–Crippen LogP) is 1.91. The Bertz CT molecular complexity index is 457. The molecule has 0 spiro atoms. The van der Waals surface area contributed by atoms with Crippen LogP contribution in [0.2, 0.25) is 0 Å². The van der Waals surface area contributed by atoms with Gasteiger partial charge in [-0.1, -0.05) is 12.1 Å². The topological polar surface area (TPSA) is 37.0 Å². The maximum absolute atomic E-state index is 5.95. The summed E-state index contributed by atoms with van der Waals surface area (Å²) in [5.41, 5.74) is 1.10. The number of nitrogens with one attached hydrogen (secondary N) is 2. The van der Waals surface area contributed by atoms with Gasteiger partial charge in [-0.25, -0.2) is 0 Å². The number of ether oxygens (including phenoxy) is 1. The molecule has 2 aromatic rings. The smallest absolute Gasteiger partial charge is 0.143 e. The summed E-state index contributed by atoms with van der Waals surface area (Å²) in [7, 11) is 0. The van der Waals surface area contributed by atoms with Crippen LogP contribution in [0.15, 0.2) is 30.5 Å². The lowest BCUT2D eigenvalue weighted by Gasteiger charge is -2.12. The zero-order valence-corrected chi connectivity index (χ0v) is 8.49. The number of aromatic amines is 1.